The minimum atomic E-state index is -0.118. The van der Waals surface area contributed by atoms with Gasteiger partial charge < -0.3 is 10.2 Å². The molecule has 5 nitrogen and oxygen atoms in total. The van der Waals surface area contributed by atoms with Crippen LogP contribution < -0.4 is 16.1 Å². The van der Waals surface area contributed by atoms with Crippen molar-refractivity contribution in [2.45, 2.75) is 61.8 Å². The molecule has 0 radical (unpaired) electrons. The molecule has 0 unspecified atom stereocenters. The standard InChI is InChI=1S/C16H18N2O3.3C2H6/c1-11-8-16(20-21-17)14(10-15(11)18-12(2)19)9-13-6-4-3-5-7-13;3*1-2/h3-8,10H,9,17H2,1-2H3,(H,18,19);3*1-2H3. The Morgan fingerprint density at radius 3 is 2.04 bits per heavy atom. The third-order valence-electron chi connectivity index (χ3n) is 3.09. The van der Waals surface area contributed by atoms with Gasteiger partial charge in [-0.1, -0.05) is 76.9 Å². The number of nitrogens with one attached hydrogen (secondary N) is 1. The van der Waals surface area contributed by atoms with Crippen molar-refractivity contribution in [2.75, 3.05) is 5.32 Å². The van der Waals surface area contributed by atoms with Crippen LogP contribution in [-0.4, -0.2) is 5.91 Å². The number of amides is 1. The maximum absolute atomic E-state index is 11.3. The summed E-state index contributed by atoms with van der Waals surface area (Å²) in [7, 11) is 0. The van der Waals surface area contributed by atoms with Gasteiger partial charge in [-0.15, -0.1) is 0 Å². The van der Waals surface area contributed by atoms with Gasteiger partial charge in [-0.25, -0.2) is 0 Å². The first-order valence-corrected chi connectivity index (χ1v) is 9.58. The molecule has 0 spiro atoms. The molecule has 0 saturated carbocycles. The van der Waals surface area contributed by atoms with Gasteiger partial charge in [-0.3, -0.25) is 4.79 Å². The van der Waals surface area contributed by atoms with E-state index >= 15 is 0 Å². The molecule has 0 aromatic heterocycles. The van der Waals surface area contributed by atoms with Gasteiger partial charge in [-0.2, -0.15) is 5.90 Å². The largest absolute Gasteiger partial charge is 0.326 e. The maximum Gasteiger partial charge on any atom is 0.221 e. The zero-order valence-electron chi connectivity index (χ0n) is 18.1. The predicted molar refractivity (Wildman–Crippen MR) is 115 cm³/mol. The van der Waals surface area contributed by atoms with Gasteiger partial charge in [-0.05, 0) is 30.2 Å². The highest BCUT2D eigenvalue weighted by Crippen LogP contribution is 2.29. The first-order chi connectivity index (χ1) is 13.1. The average molecular weight is 377 g/mol. The van der Waals surface area contributed by atoms with Gasteiger partial charge >= 0.3 is 0 Å². The van der Waals surface area contributed by atoms with Crippen molar-refractivity contribution in [3.8, 4) is 5.75 Å². The van der Waals surface area contributed by atoms with E-state index in [2.05, 4.69) is 10.3 Å². The number of carbonyl (C=O) groups is 1. The molecule has 3 N–H and O–H groups in total. The molecule has 2 aromatic rings. The summed E-state index contributed by atoms with van der Waals surface area (Å²) in [5.74, 6) is 5.42. The second kappa shape index (κ2) is 17.1. The molecular weight excluding hydrogens is 340 g/mol. The fraction of sp³-hybridized carbons (Fsp3) is 0.409. The molecule has 1 amide bonds. The first kappa shape index (κ1) is 26.9. The maximum atomic E-state index is 11.3. The van der Waals surface area contributed by atoms with Gasteiger partial charge in [0, 0.05) is 24.6 Å². The van der Waals surface area contributed by atoms with Gasteiger partial charge in [0.05, 0.1) is 0 Å². The lowest BCUT2D eigenvalue weighted by Gasteiger charge is -2.13. The number of carbonyl (C=O) groups excluding carboxylic acids is 1. The number of hydrogen-bond donors (Lipinski definition) is 2. The number of nitrogens with two attached hydrogens (primary N) is 1. The molecule has 0 aliphatic heterocycles. The van der Waals surface area contributed by atoms with Crippen LogP contribution in [0.2, 0.25) is 0 Å². The van der Waals surface area contributed by atoms with Crippen LogP contribution in [0.5, 0.6) is 5.75 Å². The first-order valence-electron chi connectivity index (χ1n) is 9.58. The van der Waals surface area contributed by atoms with E-state index in [1.807, 2.05) is 84.9 Å². The van der Waals surface area contributed by atoms with Crippen molar-refractivity contribution in [1.29, 1.82) is 0 Å². The van der Waals surface area contributed by atoms with Gasteiger partial charge in [0.15, 0.2) is 5.75 Å². The third kappa shape index (κ3) is 10.4. The SMILES string of the molecule is CC.CC.CC.CC(=O)Nc1cc(Cc2ccccc2)c(OON)cc1C. The molecule has 2 rings (SSSR count). The van der Waals surface area contributed by atoms with Crippen LogP contribution in [0.1, 0.15) is 65.2 Å². The zero-order valence-corrected chi connectivity index (χ0v) is 18.1. The lowest BCUT2D eigenvalue weighted by atomic mass is 10.0. The molecule has 0 aliphatic carbocycles. The molecule has 2 aromatic carbocycles. The van der Waals surface area contributed by atoms with Crippen molar-refractivity contribution in [3.63, 3.8) is 0 Å². The molecule has 0 bridgehead atoms. The monoisotopic (exact) mass is 376 g/mol. The molecule has 5 heteroatoms. The zero-order chi connectivity index (χ0) is 21.2. The molecule has 0 atom stereocenters. The molecule has 27 heavy (non-hydrogen) atoms. The van der Waals surface area contributed by atoms with Crippen molar-refractivity contribution >= 4 is 11.6 Å². The highest BCUT2D eigenvalue weighted by atomic mass is 17.3. The van der Waals surface area contributed by atoms with E-state index in [9.17, 15) is 4.79 Å². The van der Waals surface area contributed by atoms with E-state index in [1.165, 1.54) is 6.92 Å². The van der Waals surface area contributed by atoms with Crippen LogP contribution >= 0.6 is 0 Å². The lowest BCUT2D eigenvalue weighted by molar-refractivity contribution is -0.211. The lowest BCUT2D eigenvalue weighted by Crippen LogP contribution is -2.10. The smallest absolute Gasteiger partial charge is 0.221 e. The summed E-state index contributed by atoms with van der Waals surface area (Å²) in [4.78, 5) is 20.6. The summed E-state index contributed by atoms with van der Waals surface area (Å²) >= 11 is 0. The summed E-state index contributed by atoms with van der Waals surface area (Å²) < 4.78 is 0. The van der Waals surface area contributed by atoms with E-state index in [1.54, 1.807) is 6.07 Å². The Morgan fingerprint density at radius 2 is 1.56 bits per heavy atom. The minimum Gasteiger partial charge on any atom is -0.326 e. The Balaban J connectivity index is 0. The number of benzene rings is 2. The average Bonchev–Trinajstić information content (AvgIpc) is 2.71. The number of hydrogen-bond acceptors (Lipinski definition) is 4. The summed E-state index contributed by atoms with van der Waals surface area (Å²) in [6, 6.07) is 13.6. The van der Waals surface area contributed by atoms with Crippen LogP contribution in [-0.2, 0) is 16.2 Å². The van der Waals surface area contributed by atoms with E-state index in [-0.39, 0.29) is 5.91 Å². The summed E-state index contributed by atoms with van der Waals surface area (Å²) in [5, 5.41) is 2.80. The highest BCUT2D eigenvalue weighted by Gasteiger charge is 2.11. The Hall–Kier alpha value is -2.37. The topological polar surface area (TPSA) is 73.6 Å². The fourth-order valence-corrected chi connectivity index (χ4v) is 2.13. The molecule has 152 valence electrons. The second-order valence-corrected chi connectivity index (χ2v) is 4.80. The van der Waals surface area contributed by atoms with Crippen LogP contribution in [0.25, 0.3) is 0 Å². The Bertz CT molecular complexity index is 629. The van der Waals surface area contributed by atoms with Crippen molar-refractivity contribution < 1.29 is 14.7 Å². The van der Waals surface area contributed by atoms with E-state index < -0.39 is 0 Å². The Labute approximate surface area is 164 Å². The second-order valence-electron chi connectivity index (χ2n) is 4.80. The molecule has 0 heterocycles. The summed E-state index contributed by atoms with van der Waals surface area (Å²) in [6.45, 7) is 15.4. The van der Waals surface area contributed by atoms with Crippen molar-refractivity contribution in [3.05, 3.63) is 59.2 Å². The van der Waals surface area contributed by atoms with E-state index in [0.717, 1.165) is 22.4 Å². The van der Waals surface area contributed by atoms with E-state index in [4.69, 9.17) is 10.8 Å². The van der Waals surface area contributed by atoms with Gasteiger partial charge in [0.2, 0.25) is 5.91 Å². The molecule has 0 fully saturated rings. The summed E-state index contributed by atoms with van der Waals surface area (Å²) in [5.41, 5.74) is 3.62. The predicted octanol–water partition coefficient (Wildman–Crippen LogP) is 5.81. The van der Waals surface area contributed by atoms with Gasteiger partial charge in [0.1, 0.15) is 0 Å². The molecule has 0 saturated heterocycles. The van der Waals surface area contributed by atoms with Crippen LogP contribution in [0.15, 0.2) is 42.5 Å². The third-order valence-corrected chi connectivity index (χ3v) is 3.09. The normalized spacial score (nSPS) is 8.63. The quantitative estimate of drug-likeness (QED) is 0.510. The Kier molecular flexibility index (Phi) is 17.0. The molecular formula is C22H36N2O3. The number of anilines is 1. The van der Waals surface area contributed by atoms with Crippen LogP contribution in [0.3, 0.4) is 0 Å². The van der Waals surface area contributed by atoms with Crippen LogP contribution in [0.4, 0.5) is 5.69 Å². The van der Waals surface area contributed by atoms with Crippen molar-refractivity contribution in [1.82, 2.24) is 0 Å². The molecule has 0 aliphatic rings. The fourth-order valence-electron chi connectivity index (χ4n) is 2.13. The van der Waals surface area contributed by atoms with Crippen LogP contribution in [0, 0.1) is 6.92 Å². The minimum absolute atomic E-state index is 0.118. The number of aryl methyl sites for hydroxylation is 1. The highest BCUT2D eigenvalue weighted by molar-refractivity contribution is 5.89. The Morgan fingerprint density at radius 1 is 1.00 bits per heavy atom. The van der Waals surface area contributed by atoms with Gasteiger partial charge in [0.25, 0.3) is 0 Å². The summed E-state index contributed by atoms with van der Waals surface area (Å²) in [6.07, 6.45) is 0.645. The van der Waals surface area contributed by atoms with E-state index in [0.29, 0.717) is 12.2 Å². The van der Waals surface area contributed by atoms with Crippen molar-refractivity contribution in [2.24, 2.45) is 5.90 Å². The number of rotatable bonds is 5.